The van der Waals surface area contributed by atoms with E-state index in [-0.39, 0.29) is 5.91 Å². The fraction of sp³-hybridized carbons (Fsp3) is 0.182. The van der Waals surface area contributed by atoms with Crippen molar-refractivity contribution in [1.82, 2.24) is 10.3 Å². The number of hydrogen-bond acceptors (Lipinski definition) is 4. The second kappa shape index (κ2) is 9.76. The highest BCUT2D eigenvalue weighted by Crippen LogP contribution is 2.15. The third-order valence-corrected chi connectivity index (χ3v) is 4.64. The van der Waals surface area contributed by atoms with Crippen LogP contribution in [0.1, 0.15) is 21.6 Å². The van der Waals surface area contributed by atoms with Crippen molar-refractivity contribution in [3.63, 3.8) is 0 Å². The first-order valence-electron chi connectivity index (χ1n) is 9.00. The monoisotopic (exact) mass is 395 g/mol. The Morgan fingerprint density at radius 3 is 2.71 bits per heavy atom. The first kappa shape index (κ1) is 19.7. The van der Waals surface area contributed by atoms with Crippen molar-refractivity contribution in [2.75, 3.05) is 19.0 Å². The van der Waals surface area contributed by atoms with Crippen LogP contribution in [0.25, 0.3) is 0 Å². The number of pyridine rings is 1. The van der Waals surface area contributed by atoms with Gasteiger partial charge in [-0.05, 0) is 47.9 Å². The Bertz CT molecular complexity index is 929. The molecule has 0 spiro atoms. The molecular weight excluding hydrogens is 374 g/mol. The molecule has 0 bridgehead atoms. The third kappa shape index (κ3) is 5.47. The zero-order valence-electron chi connectivity index (χ0n) is 15.6. The summed E-state index contributed by atoms with van der Waals surface area (Å²) < 4.78 is 5.23. The first-order chi connectivity index (χ1) is 13.7. The predicted molar refractivity (Wildman–Crippen MR) is 112 cm³/mol. The van der Waals surface area contributed by atoms with Crippen LogP contribution in [0.4, 0.5) is 5.69 Å². The van der Waals surface area contributed by atoms with Gasteiger partial charge >= 0.3 is 0 Å². The molecule has 3 aromatic rings. The number of methoxy groups -OCH3 is 1. The van der Waals surface area contributed by atoms with Crippen LogP contribution in [-0.4, -0.2) is 24.5 Å². The normalized spacial score (nSPS) is 10.4. The molecule has 3 rings (SSSR count). The number of ether oxygens (including phenoxy) is 1. The highest BCUT2D eigenvalue weighted by molar-refractivity contribution is 6.31. The quantitative estimate of drug-likeness (QED) is 0.596. The fourth-order valence-electron chi connectivity index (χ4n) is 2.72. The van der Waals surface area contributed by atoms with Gasteiger partial charge in [-0.15, -0.1) is 0 Å². The van der Waals surface area contributed by atoms with Crippen molar-refractivity contribution >= 4 is 23.2 Å². The van der Waals surface area contributed by atoms with Gasteiger partial charge in [-0.3, -0.25) is 4.79 Å². The number of aromatic nitrogens is 1. The highest BCUT2D eigenvalue weighted by Gasteiger charge is 2.08. The molecule has 1 amide bonds. The number of carbonyl (C=O) groups excluding carboxylic acids is 1. The van der Waals surface area contributed by atoms with Crippen LogP contribution in [0, 0.1) is 0 Å². The molecule has 2 N–H and O–H groups in total. The number of nitrogens with one attached hydrogen (secondary N) is 2. The molecule has 0 fully saturated rings. The van der Waals surface area contributed by atoms with Crippen LogP contribution in [0.2, 0.25) is 5.02 Å². The fourth-order valence-corrected chi connectivity index (χ4v) is 2.92. The summed E-state index contributed by atoms with van der Waals surface area (Å²) >= 11 is 6.10. The SMILES string of the molecule is COc1cccc(CCNc2ccc(C(=O)NCc3ccccc3Cl)nc2)c1. The molecule has 0 saturated carbocycles. The molecule has 28 heavy (non-hydrogen) atoms. The highest BCUT2D eigenvalue weighted by atomic mass is 35.5. The summed E-state index contributed by atoms with van der Waals surface area (Å²) in [6.45, 7) is 1.12. The predicted octanol–water partition coefficient (Wildman–Crippen LogP) is 4.33. The van der Waals surface area contributed by atoms with E-state index in [2.05, 4.69) is 21.7 Å². The number of carbonyl (C=O) groups is 1. The minimum absolute atomic E-state index is 0.233. The Hall–Kier alpha value is -3.05. The van der Waals surface area contributed by atoms with E-state index in [9.17, 15) is 4.79 Å². The molecule has 0 atom stereocenters. The molecule has 0 aliphatic carbocycles. The standard InChI is InChI=1S/C22H22ClN3O2/c1-28-19-7-4-5-16(13-19)11-12-24-18-9-10-21(25-15-18)22(27)26-14-17-6-2-3-8-20(17)23/h2-10,13,15,24H,11-12,14H2,1H3,(H,26,27). The summed E-state index contributed by atoms with van der Waals surface area (Å²) in [5, 5.41) is 6.77. The lowest BCUT2D eigenvalue weighted by Gasteiger charge is -2.09. The smallest absolute Gasteiger partial charge is 0.270 e. The lowest BCUT2D eigenvalue weighted by atomic mass is 10.1. The van der Waals surface area contributed by atoms with Crippen LogP contribution in [0.3, 0.4) is 0 Å². The van der Waals surface area contributed by atoms with Gasteiger partial charge in [0.1, 0.15) is 11.4 Å². The Labute approximate surface area is 169 Å². The molecule has 0 saturated heterocycles. The zero-order chi connectivity index (χ0) is 19.8. The number of nitrogens with zero attached hydrogens (tertiary/aromatic N) is 1. The van der Waals surface area contributed by atoms with Gasteiger partial charge in [-0.1, -0.05) is 41.9 Å². The van der Waals surface area contributed by atoms with Crippen molar-refractivity contribution in [3.05, 3.63) is 88.7 Å². The second-order valence-electron chi connectivity index (χ2n) is 6.23. The minimum Gasteiger partial charge on any atom is -0.497 e. The summed E-state index contributed by atoms with van der Waals surface area (Å²) in [6.07, 6.45) is 2.52. The molecule has 1 aromatic heterocycles. The Morgan fingerprint density at radius 2 is 1.96 bits per heavy atom. The van der Waals surface area contributed by atoms with Crippen molar-refractivity contribution in [2.24, 2.45) is 0 Å². The average molecular weight is 396 g/mol. The van der Waals surface area contributed by atoms with E-state index in [4.69, 9.17) is 16.3 Å². The lowest BCUT2D eigenvalue weighted by molar-refractivity contribution is 0.0946. The van der Waals surface area contributed by atoms with Crippen LogP contribution in [0.15, 0.2) is 66.9 Å². The van der Waals surface area contributed by atoms with Crippen LogP contribution < -0.4 is 15.4 Å². The van der Waals surface area contributed by atoms with E-state index in [0.29, 0.717) is 17.3 Å². The second-order valence-corrected chi connectivity index (χ2v) is 6.64. The molecule has 5 nitrogen and oxygen atoms in total. The van der Waals surface area contributed by atoms with E-state index in [1.165, 1.54) is 5.56 Å². The van der Waals surface area contributed by atoms with Crippen LogP contribution in [0.5, 0.6) is 5.75 Å². The van der Waals surface area contributed by atoms with Gasteiger partial charge in [-0.25, -0.2) is 4.98 Å². The van der Waals surface area contributed by atoms with Gasteiger partial charge in [0, 0.05) is 18.1 Å². The Kier molecular flexibility index (Phi) is 6.87. The summed E-state index contributed by atoms with van der Waals surface area (Å²) in [4.78, 5) is 16.5. The molecule has 2 aromatic carbocycles. The number of anilines is 1. The largest absolute Gasteiger partial charge is 0.497 e. The van der Waals surface area contributed by atoms with E-state index in [0.717, 1.165) is 30.0 Å². The first-order valence-corrected chi connectivity index (χ1v) is 9.38. The molecule has 1 heterocycles. The van der Waals surface area contributed by atoms with E-state index < -0.39 is 0 Å². The lowest BCUT2D eigenvalue weighted by Crippen LogP contribution is -2.23. The number of benzene rings is 2. The van der Waals surface area contributed by atoms with E-state index in [1.54, 1.807) is 25.4 Å². The maximum Gasteiger partial charge on any atom is 0.270 e. The maximum atomic E-state index is 12.3. The van der Waals surface area contributed by atoms with E-state index >= 15 is 0 Å². The number of hydrogen-bond donors (Lipinski definition) is 2. The zero-order valence-corrected chi connectivity index (χ0v) is 16.4. The third-order valence-electron chi connectivity index (χ3n) is 4.27. The van der Waals surface area contributed by atoms with Gasteiger partial charge < -0.3 is 15.4 Å². The van der Waals surface area contributed by atoms with Gasteiger partial charge in [0.25, 0.3) is 5.91 Å². The molecular formula is C22H22ClN3O2. The van der Waals surface area contributed by atoms with E-state index in [1.807, 2.05) is 42.5 Å². The van der Waals surface area contributed by atoms with Gasteiger partial charge in [0.05, 0.1) is 19.0 Å². The average Bonchev–Trinajstić information content (AvgIpc) is 2.73. The molecule has 0 aliphatic rings. The summed E-state index contributed by atoms with van der Waals surface area (Å²) in [5.74, 6) is 0.620. The minimum atomic E-state index is -0.233. The van der Waals surface area contributed by atoms with Crippen molar-refractivity contribution in [2.45, 2.75) is 13.0 Å². The van der Waals surface area contributed by atoms with Crippen LogP contribution >= 0.6 is 11.6 Å². The molecule has 0 unspecified atom stereocenters. The summed E-state index contributed by atoms with van der Waals surface area (Å²) in [6, 6.07) is 19.0. The van der Waals surface area contributed by atoms with Crippen LogP contribution in [-0.2, 0) is 13.0 Å². The maximum absolute atomic E-state index is 12.3. The number of halogens is 1. The molecule has 144 valence electrons. The van der Waals surface area contributed by atoms with Gasteiger partial charge in [0.2, 0.25) is 0 Å². The topological polar surface area (TPSA) is 63.2 Å². The Morgan fingerprint density at radius 1 is 1.11 bits per heavy atom. The summed E-state index contributed by atoms with van der Waals surface area (Å²) in [5.41, 5.74) is 3.29. The van der Waals surface area contributed by atoms with Crippen molar-refractivity contribution in [3.8, 4) is 5.75 Å². The van der Waals surface area contributed by atoms with Gasteiger partial charge in [0.15, 0.2) is 0 Å². The van der Waals surface area contributed by atoms with Crippen molar-refractivity contribution in [1.29, 1.82) is 0 Å². The Balaban J connectivity index is 1.48. The van der Waals surface area contributed by atoms with Crippen molar-refractivity contribution < 1.29 is 9.53 Å². The summed E-state index contributed by atoms with van der Waals surface area (Å²) in [7, 11) is 1.66. The molecule has 0 radical (unpaired) electrons. The molecule has 0 aliphatic heterocycles. The molecule has 6 heteroatoms. The van der Waals surface area contributed by atoms with Gasteiger partial charge in [-0.2, -0.15) is 0 Å². The number of rotatable bonds is 8. The number of amides is 1.